The lowest BCUT2D eigenvalue weighted by Gasteiger charge is -2.56. The number of nitrogens with one attached hydrogen (secondary N) is 4. The first-order chi connectivity index (χ1) is 15.5. The van der Waals surface area contributed by atoms with Crippen LogP contribution in [0.3, 0.4) is 0 Å². The molecule has 4 amide bonds. The second-order valence-corrected chi connectivity index (χ2v) is 13.1. The number of urea groups is 2. The van der Waals surface area contributed by atoms with Gasteiger partial charge in [0.25, 0.3) is 0 Å². The molecule has 0 saturated heterocycles. The minimum absolute atomic E-state index is 0.0866. The molecule has 0 aromatic rings. The van der Waals surface area contributed by atoms with E-state index >= 15 is 0 Å². The summed E-state index contributed by atoms with van der Waals surface area (Å²) in [5.41, 5.74) is 0.725. The highest BCUT2D eigenvalue weighted by molar-refractivity contribution is 5.75. The maximum atomic E-state index is 12.3. The molecule has 0 unspecified atom stereocenters. The molecule has 8 fully saturated rings. The van der Waals surface area contributed by atoms with E-state index in [2.05, 4.69) is 21.3 Å². The minimum Gasteiger partial charge on any atom is -0.338 e. The molecule has 8 saturated carbocycles. The molecule has 0 aromatic heterocycles. The molecule has 32 heavy (non-hydrogen) atoms. The van der Waals surface area contributed by atoms with Gasteiger partial charge in [0.15, 0.2) is 0 Å². The van der Waals surface area contributed by atoms with Gasteiger partial charge >= 0.3 is 12.1 Å². The zero-order valence-electron chi connectivity index (χ0n) is 19.6. The highest BCUT2D eigenvalue weighted by Gasteiger charge is 2.51. The van der Waals surface area contributed by atoms with Crippen LogP contribution in [0.4, 0.5) is 9.59 Å². The SMILES string of the molecule is O=C(NCCNC(=O)NCC12CC3CC(CC(C3)C1)C2)NCC12CC3CC(CC(C3)C1)C2. The van der Waals surface area contributed by atoms with Gasteiger partial charge in [0.2, 0.25) is 0 Å². The maximum absolute atomic E-state index is 12.3. The zero-order chi connectivity index (χ0) is 21.8. The molecule has 6 heteroatoms. The van der Waals surface area contributed by atoms with E-state index in [0.29, 0.717) is 23.9 Å². The van der Waals surface area contributed by atoms with Crippen molar-refractivity contribution in [1.29, 1.82) is 0 Å². The van der Waals surface area contributed by atoms with Crippen molar-refractivity contribution in [3.63, 3.8) is 0 Å². The molecule has 178 valence electrons. The number of hydrogen-bond donors (Lipinski definition) is 4. The summed E-state index contributed by atoms with van der Waals surface area (Å²) in [6, 6.07) is -0.173. The average Bonchev–Trinajstić information content (AvgIpc) is 2.72. The maximum Gasteiger partial charge on any atom is 0.314 e. The molecule has 0 radical (unpaired) electrons. The van der Waals surface area contributed by atoms with Crippen LogP contribution in [-0.4, -0.2) is 38.2 Å². The van der Waals surface area contributed by atoms with Gasteiger partial charge in [-0.25, -0.2) is 9.59 Å². The van der Waals surface area contributed by atoms with Crippen LogP contribution in [0.15, 0.2) is 0 Å². The molecule has 6 nitrogen and oxygen atoms in total. The van der Waals surface area contributed by atoms with Crippen molar-refractivity contribution in [3.8, 4) is 0 Å². The van der Waals surface area contributed by atoms with Crippen LogP contribution in [0.2, 0.25) is 0 Å². The Balaban J connectivity index is 0.870. The predicted molar refractivity (Wildman–Crippen MR) is 124 cm³/mol. The van der Waals surface area contributed by atoms with Gasteiger partial charge in [-0.15, -0.1) is 0 Å². The second-order valence-electron chi connectivity index (χ2n) is 13.1. The molecule has 0 atom stereocenters. The highest BCUT2D eigenvalue weighted by atomic mass is 16.2. The topological polar surface area (TPSA) is 82.3 Å². The van der Waals surface area contributed by atoms with Crippen molar-refractivity contribution >= 4 is 12.1 Å². The van der Waals surface area contributed by atoms with Crippen LogP contribution in [0.25, 0.3) is 0 Å². The normalized spacial score (nSPS) is 45.0. The van der Waals surface area contributed by atoms with Gasteiger partial charge in [0, 0.05) is 26.2 Å². The van der Waals surface area contributed by atoms with E-state index in [1.807, 2.05) is 0 Å². The van der Waals surface area contributed by atoms with E-state index < -0.39 is 0 Å². The summed E-state index contributed by atoms with van der Waals surface area (Å²) in [5, 5.41) is 12.2. The fourth-order valence-electron chi connectivity index (χ4n) is 10.0. The highest BCUT2D eigenvalue weighted by Crippen LogP contribution is 2.60. The fourth-order valence-corrected chi connectivity index (χ4v) is 10.0. The summed E-state index contributed by atoms with van der Waals surface area (Å²) in [4.78, 5) is 24.6. The number of amides is 4. The van der Waals surface area contributed by atoms with E-state index in [0.717, 1.165) is 48.6 Å². The summed E-state index contributed by atoms with van der Waals surface area (Å²) < 4.78 is 0. The van der Waals surface area contributed by atoms with Gasteiger partial charge in [-0.3, -0.25) is 0 Å². The van der Waals surface area contributed by atoms with E-state index in [9.17, 15) is 9.59 Å². The first-order valence-electron chi connectivity index (χ1n) is 13.5. The van der Waals surface area contributed by atoms with E-state index in [4.69, 9.17) is 0 Å². The van der Waals surface area contributed by atoms with E-state index in [1.165, 1.54) is 77.0 Å². The minimum atomic E-state index is -0.0866. The molecular weight excluding hydrogens is 400 g/mol. The van der Waals surface area contributed by atoms with Gasteiger partial charge in [0.05, 0.1) is 0 Å². The van der Waals surface area contributed by atoms with Gasteiger partial charge in [-0.05, 0) is 123 Å². The van der Waals surface area contributed by atoms with Crippen LogP contribution >= 0.6 is 0 Å². The van der Waals surface area contributed by atoms with Crippen molar-refractivity contribution in [2.75, 3.05) is 26.2 Å². The van der Waals surface area contributed by atoms with E-state index in [1.54, 1.807) is 0 Å². The summed E-state index contributed by atoms with van der Waals surface area (Å²) in [6.07, 6.45) is 16.5. The van der Waals surface area contributed by atoms with Crippen molar-refractivity contribution in [1.82, 2.24) is 21.3 Å². The molecule has 0 aliphatic heterocycles. The van der Waals surface area contributed by atoms with Crippen LogP contribution < -0.4 is 21.3 Å². The van der Waals surface area contributed by atoms with E-state index in [-0.39, 0.29) is 12.1 Å². The molecule has 8 bridgehead atoms. The Labute approximate surface area is 192 Å². The van der Waals surface area contributed by atoms with Gasteiger partial charge in [0.1, 0.15) is 0 Å². The van der Waals surface area contributed by atoms with Crippen LogP contribution in [-0.2, 0) is 0 Å². The second kappa shape index (κ2) is 8.09. The van der Waals surface area contributed by atoms with Gasteiger partial charge in [-0.2, -0.15) is 0 Å². The van der Waals surface area contributed by atoms with Crippen LogP contribution in [0, 0.1) is 46.3 Å². The molecule has 8 aliphatic carbocycles. The standard InChI is InChI=1S/C26H42N4O2/c31-23(29-15-25-9-17-3-18(10-25)5-19(4-17)11-25)27-1-2-28-24(32)30-16-26-12-20-6-21(13-26)8-22(7-20)14-26/h17-22H,1-16H2,(H2,27,29,31)(H2,28,30,32). The Morgan fingerprint density at radius 1 is 0.500 bits per heavy atom. The van der Waals surface area contributed by atoms with Crippen LogP contribution in [0.1, 0.15) is 77.0 Å². The first-order valence-corrected chi connectivity index (χ1v) is 13.5. The number of carbonyl (C=O) groups is 2. The first kappa shape index (κ1) is 21.1. The van der Waals surface area contributed by atoms with Crippen molar-refractivity contribution in [2.45, 2.75) is 77.0 Å². The van der Waals surface area contributed by atoms with Crippen molar-refractivity contribution in [3.05, 3.63) is 0 Å². The quantitative estimate of drug-likeness (QED) is 0.449. The summed E-state index contributed by atoms with van der Waals surface area (Å²) >= 11 is 0. The van der Waals surface area contributed by atoms with Gasteiger partial charge < -0.3 is 21.3 Å². The Morgan fingerprint density at radius 3 is 1.06 bits per heavy atom. The molecule has 8 aliphatic rings. The third-order valence-electron chi connectivity index (χ3n) is 10.3. The molecular formula is C26H42N4O2. The lowest BCUT2D eigenvalue weighted by Crippen LogP contribution is -2.53. The third kappa shape index (κ3) is 4.23. The molecule has 0 heterocycles. The molecule has 8 rings (SSSR count). The molecule has 0 aromatic carbocycles. The Hall–Kier alpha value is -1.46. The monoisotopic (exact) mass is 442 g/mol. The zero-order valence-corrected chi connectivity index (χ0v) is 19.6. The predicted octanol–water partition coefficient (Wildman–Crippen LogP) is 4.02. The smallest absolute Gasteiger partial charge is 0.314 e. The average molecular weight is 443 g/mol. The van der Waals surface area contributed by atoms with Crippen molar-refractivity contribution in [2.24, 2.45) is 46.3 Å². The largest absolute Gasteiger partial charge is 0.338 e. The van der Waals surface area contributed by atoms with Crippen molar-refractivity contribution < 1.29 is 9.59 Å². The third-order valence-corrected chi connectivity index (χ3v) is 10.3. The van der Waals surface area contributed by atoms with Gasteiger partial charge in [-0.1, -0.05) is 0 Å². The number of hydrogen-bond acceptors (Lipinski definition) is 2. The van der Waals surface area contributed by atoms with Crippen LogP contribution in [0.5, 0.6) is 0 Å². The number of carbonyl (C=O) groups excluding carboxylic acids is 2. The summed E-state index contributed by atoms with van der Waals surface area (Å²) in [7, 11) is 0. The Bertz CT molecular complexity index is 618. The molecule has 4 N–H and O–H groups in total. The molecule has 0 spiro atoms. The Morgan fingerprint density at radius 2 is 0.781 bits per heavy atom. The summed E-state index contributed by atoms with van der Waals surface area (Å²) in [5.74, 6) is 5.46. The lowest BCUT2D eigenvalue weighted by molar-refractivity contribution is -0.0499. The Kier molecular flexibility index (Phi) is 5.33. The number of rotatable bonds is 7. The lowest BCUT2D eigenvalue weighted by atomic mass is 9.49. The summed E-state index contributed by atoms with van der Waals surface area (Å²) in [6.45, 7) is 2.58. The fraction of sp³-hybridized carbons (Fsp3) is 0.923.